The minimum Gasteiger partial charge on any atom is -0.475 e. The van der Waals surface area contributed by atoms with Gasteiger partial charge in [-0.15, -0.1) is 11.3 Å². The summed E-state index contributed by atoms with van der Waals surface area (Å²) in [6.07, 6.45) is -2.34. The third-order valence-corrected chi connectivity index (χ3v) is 6.39. The molecule has 0 radical (unpaired) electrons. The molecule has 184 valence electrons. The lowest BCUT2D eigenvalue weighted by Crippen LogP contribution is -2.25. The van der Waals surface area contributed by atoms with E-state index >= 15 is 0 Å². The van der Waals surface area contributed by atoms with E-state index in [0.717, 1.165) is 41.4 Å². The summed E-state index contributed by atoms with van der Waals surface area (Å²) in [5.41, 5.74) is 5.86. The van der Waals surface area contributed by atoms with Crippen LogP contribution in [0, 0.1) is 0 Å². The number of imidazole rings is 1. The SMILES string of the molecule is O=C(O)C(F)(F)F.c1cc(CNCC2CCCO2)cc(-c2csc(-c3nc4ccccc4[nH]3)c2)c1. The fraction of sp³-hybridized carbons (Fsp3) is 0.280. The largest absolute Gasteiger partial charge is 0.490 e. The number of carboxylic acid groups (broad SMARTS) is 1. The number of nitrogens with zero attached hydrogens (tertiary/aromatic N) is 1. The molecule has 0 bridgehead atoms. The van der Waals surface area contributed by atoms with Crippen LogP contribution in [0.3, 0.4) is 0 Å². The standard InChI is InChI=1S/C23H23N3OS.C2HF3O2/c1-2-9-21-20(8-1)25-23(26-21)22-12-18(15-28-22)17-6-3-5-16(11-17)13-24-14-19-7-4-10-27-19;3-2(4,5)1(6)7/h1-3,5-6,8-9,11-12,15,19,24H,4,7,10,13-14H2,(H,25,26);(H,6,7). The lowest BCUT2D eigenvalue weighted by atomic mass is 10.1. The molecule has 6 nitrogen and oxygen atoms in total. The highest BCUT2D eigenvalue weighted by molar-refractivity contribution is 7.13. The van der Waals surface area contributed by atoms with Crippen LogP contribution in [0.5, 0.6) is 0 Å². The Morgan fingerprint density at radius 2 is 1.97 bits per heavy atom. The van der Waals surface area contributed by atoms with Gasteiger partial charge in [-0.05, 0) is 59.2 Å². The van der Waals surface area contributed by atoms with Gasteiger partial charge in [0, 0.05) is 19.7 Å². The molecule has 1 unspecified atom stereocenters. The predicted molar refractivity (Wildman–Crippen MR) is 129 cm³/mol. The number of thiophene rings is 1. The Balaban J connectivity index is 0.000000364. The topological polar surface area (TPSA) is 87.2 Å². The maximum Gasteiger partial charge on any atom is 0.490 e. The average molecular weight is 504 g/mol. The minimum atomic E-state index is -5.08. The number of hydrogen-bond donors (Lipinski definition) is 3. The van der Waals surface area contributed by atoms with Crippen molar-refractivity contribution in [3.63, 3.8) is 0 Å². The number of aromatic amines is 1. The van der Waals surface area contributed by atoms with E-state index in [1.165, 1.54) is 29.5 Å². The number of benzene rings is 2. The molecule has 1 aliphatic rings. The van der Waals surface area contributed by atoms with E-state index < -0.39 is 12.1 Å². The lowest BCUT2D eigenvalue weighted by molar-refractivity contribution is -0.192. The maximum atomic E-state index is 10.6. The van der Waals surface area contributed by atoms with Crippen molar-refractivity contribution in [2.45, 2.75) is 31.7 Å². The zero-order valence-electron chi connectivity index (χ0n) is 18.6. The van der Waals surface area contributed by atoms with E-state index in [4.69, 9.17) is 19.6 Å². The van der Waals surface area contributed by atoms with Crippen molar-refractivity contribution in [1.82, 2.24) is 15.3 Å². The normalized spacial score (nSPS) is 15.7. The zero-order valence-corrected chi connectivity index (χ0v) is 19.5. The second kappa shape index (κ2) is 11.0. The van der Waals surface area contributed by atoms with Gasteiger partial charge in [-0.3, -0.25) is 0 Å². The summed E-state index contributed by atoms with van der Waals surface area (Å²) in [7, 11) is 0. The van der Waals surface area contributed by atoms with Crippen molar-refractivity contribution in [2.24, 2.45) is 0 Å². The highest BCUT2D eigenvalue weighted by Gasteiger charge is 2.38. The predicted octanol–water partition coefficient (Wildman–Crippen LogP) is 5.86. The molecule has 1 fully saturated rings. The summed E-state index contributed by atoms with van der Waals surface area (Å²) in [6, 6.07) is 19.1. The molecule has 3 heterocycles. The van der Waals surface area contributed by atoms with E-state index in [0.29, 0.717) is 6.10 Å². The Labute approximate surface area is 203 Å². The van der Waals surface area contributed by atoms with Crippen LogP contribution < -0.4 is 5.32 Å². The van der Waals surface area contributed by atoms with Crippen molar-refractivity contribution in [1.29, 1.82) is 0 Å². The second-order valence-corrected chi connectivity index (χ2v) is 8.98. The van der Waals surface area contributed by atoms with Crippen molar-refractivity contribution < 1.29 is 27.8 Å². The van der Waals surface area contributed by atoms with Gasteiger partial charge in [0.2, 0.25) is 0 Å². The molecule has 2 aromatic heterocycles. The number of alkyl halides is 3. The summed E-state index contributed by atoms with van der Waals surface area (Å²) in [5, 5.41) is 12.9. The Morgan fingerprint density at radius 3 is 2.69 bits per heavy atom. The number of rotatable bonds is 6. The number of nitrogens with one attached hydrogen (secondary N) is 2. The summed E-state index contributed by atoms with van der Waals surface area (Å²) in [6.45, 7) is 2.71. The van der Waals surface area contributed by atoms with E-state index in [-0.39, 0.29) is 0 Å². The van der Waals surface area contributed by atoms with E-state index in [9.17, 15) is 13.2 Å². The summed E-state index contributed by atoms with van der Waals surface area (Å²) in [4.78, 5) is 18.2. The average Bonchev–Trinajstić information content (AvgIpc) is 3.59. The number of ether oxygens (including phenoxy) is 1. The fourth-order valence-electron chi connectivity index (χ4n) is 3.72. The first kappa shape index (κ1) is 24.9. The molecule has 0 saturated carbocycles. The molecule has 3 N–H and O–H groups in total. The number of hydrogen-bond acceptors (Lipinski definition) is 5. The Hall–Kier alpha value is -3.21. The van der Waals surface area contributed by atoms with Crippen LogP contribution in [0.1, 0.15) is 18.4 Å². The van der Waals surface area contributed by atoms with Gasteiger partial charge in [0.15, 0.2) is 0 Å². The van der Waals surface area contributed by atoms with Crippen molar-refractivity contribution in [3.8, 4) is 21.8 Å². The number of carboxylic acids is 1. The van der Waals surface area contributed by atoms with Gasteiger partial charge in [0.25, 0.3) is 0 Å². The van der Waals surface area contributed by atoms with Crippen molar-refractivity contribution >= 4 is 28.3 Å². The molecule has 4 aromatic rings. The molecular formula is C25H24F3N3O3S. The molecule has 1 aliphatic heterocycles. The van der Waals surface area contributed by atoms with Crippen LogP contribution in [0.15, 0.2) is 60.0 Å². The quantitative estimate of drug-likeness (QED) is 0.307. The number of carbonyl (C=O) groups is 1. The van der Waals surface area contributed by atoms with Gasteiger partial charge in [0.05, 0.1) is 22.0 Å². The van der Waals surface area contributed by atoms with Gasteiger partial charge >= 0.3 is 12.1 Å². The van der Waals surface area contributed by atoms with E-state index in [2.05, 4.69) is 52.1 Å². The molecule has 0 amide bonds. The smallest absolute Gasteiger partial charge is 0.475 e. The van der Waals surface area contributed by atoms with Crippen LogP contribution in [0.25, 0.3) is 32.9 Å². The van der Waals surface area contributed by atoms with Gasteiger partial charge < -0.3 is 20.1 Å². The summed E-state index contributed by atoms with van der Waals surface area (Å²) in [5.74, 6) is -1.82. The summed E-state index contributed by atoms with van der Waals surface area (Å²) >= 11 is 1.73. The first-order valence-electron chi connectivity index (χ1n) is 11.0. The number of aromatic nitrogens is 2. The third-order valence-electron chi connectivity index (χ3n) is 5.45. The highest BCUT2D eigenvalue weighted by Crippen LogP contribution is 2.32. The van der Waals surface area contributed by atoms with Crippen LogP contribution in [-0.2, 0) is 16.1 Å². The van der Waals surface area contributed by atoms with Crippen LogP contribution in [0.4, 0.5) is 13.2 Å². The molecule has 5 rings (SSSR count). The van der Waals surface area contributed by atoms with Crippen LogP contribution in [0.2, 0.25) is 0 Å². The summed E-state index contributed by atoms with van der Waals surface area (Å²) < 4.78 is 37.4. The zero-order chi connectivity index (χ0) is 24.8. The van der Waals surface area contributed by atoms with E-state index in [1.807, 2.05) is 18.2 Å². The Kier molecular flexibility index (Phi) is 7.84. The molecule has 0 spiro atoms. The van der Waals surface area contributed by atoms with Gasteiger partial charge in [-0.25, -0.2) is 9.78 Å². The van der Waals surface area contributed by atoms with Crippen LogP contribution >= 0.6 is 11.3 Å². The molecule has 1 saturated heterocycles. The first-order valence-corrected chi connectivity index (χ1v) is 11.9. The lowest BCUT2D eigenvalue weighted by Gasteiger charge is -2.11. The minimum absolute atomic E-state index is 0.381. The van der Waals surface area contributed by atoms with Gasteiger partial charge in [0.1, 0.15) is 5.82 Å². The third kappa shape index (κ3) is 6.68. The van der Waals surface area contributed by atoms with Crippen molar-refractivity contribution in [3.05, 3.63) is 65.5 Å². The maximum absolute atomic E-state index is 10.6. The van der Waals surface area contributed by atoms with Crippen LogP contribution in [-0.4, -0.2) is 46.5 Å². The number of aliphatic carboxylic acids is 1. The Bertz CT molecular complexity index is 1250. The molecule has 1 atom stereocenters. The monoisotopic (exact) mass is 503 g/mol. The molecule has 10 heteroatoms. The second-order valence-electron chi connectivity index (χ2n) is 8.07. The number of halogens is 3. The number of H-pyrrole nitrogens is 1. The molecular weight excluding hydrogens is 479 g/mol. The number of para-hydroxylation sites is 2. The van der Waals surface area contributed by atoms with Gasteiger partial charge in [-0.2, -0.15) is 13.2 Å². The fourth-order valence-corrected chi connectivity index (χ4v) is 4.59. The molecule has 35 heavy (non-hydrogen) atoms. The molecule has 2 aromatic carbocycles. The Morgan fingerprint density at radius 1 is 1.17 bits per heavy atom. The van der Waals surface area contributed by atoms with Crippen molar-refractivity contribution in [2.75, 3.05) is 13.2 Å². The highest BCUT2D eigenvalue weighted by atomic mass is 32.1. The van der Waals surface area contributed by atoms with E-state index in [1.54, 1.807) is 11.3 Å². The van der Waals surface area contributed by atoms with Gasteiger partial charge in [-0.1, -0.05) is 30.3 Å². The molecule has 0 aliphatic carbocycles. The first-order chi connectivity index (χ1) is 16.8. The number of fused-ring (bicyclic) bond motifs is 1.